The summed E-state index contributed by atoms with van der Waals surface area (Å²) >= 11 is 0. The molecule has 1 aromatic heterocycles. The maximum Gasteiger partial charge on any atom is 0.222 e. The van der Waals surface area contributed by atoms with Gasteiger partial charge in [0.05, 0.1) is 0 Å². The van der Waals surface area contributed by atoms with Gasteiger partial charge in [-0.1, -0.05) is 17.7 Å². The highest BCUT2D eigenvalue weighted by molar-refractivity contribution is 5.46. The summed E-state index contributed by atoms with van der Waals surface area (Å²) in [5.41, 5.74) is 5.84. The molecule has 0 unspecified atom stereocenters. The van der Waals surface area contributed by atoms with Crippen LogP contribution in [0.4, 0.5) is 0 Å². The summed E-state index contributed by atoms with van der Waals surface area (Å²) in [4.78, 5) is 4.32. The molecule has 0 N–H and O–H groups in total. The average molecular weight is 241 g/mol. The second-order valence-corrected chi connectivity index (χ2v) is 4.89. The van der Waals surface area contributed by atoms with Crippen molar-refractivity contribution in [2.24, 2.45) is 0 Å². The minimum atomic E-state index is 0.699. The number of benzene rings is 1. The fourth-order valence-electron chi connectivity index (χ4n) is 2.13. The van der Waals surface area contributed by atoms with Crippen molar-refractivity contribution in [1.82, 2.24) is 4.98 Å². The van der Waals surface area contributed by atoms with E-state index in [4.69, 9.17) is 4.74 Å². The van der Waals surface area contributed by atoms with Crippen LogP contribution < -0.4 is 4.74 Å². The van der Waals surface area contributed by atoms with Crippen molar-refractivity contribution in [3.63, 3.8) is 0 Å². The second-order valence-electron chi connectivity index (χ2n) is 4.89. The predicted octanol–water partition coefficient (Wildman–Crippen LogP) is 4.42. The molecule has 0 amide bonds. The fraction of sp³-hybridized carbons (Fsp3) is 0.312. The van der Waals surface area contributed by atoms with Gasteiger partial charge in [0.2, 0.25) is 5.88 Å². The average Bonchev–Trinajstić information content (AvgIpc) is 2.28. The normalized spacial score (nSPS) is 10.5. The van der Waals surface area contributed by atoms with E-state index in [-0.39, 0.29) is 0 Å². The van der Waals surface area contributed by atoms with Gasteiger partial charge in [-0.3, -0.25) is 0 Å². The van der Waals surface area contributed by atoms with Crippen LogP contribution in [0, 0.1) is 34.6 Å². The highest BCUT2D eigenvalue weighted by Crippen LogP contribution is 2.30. The van der Waals surface area contributed by atoms with E-state index >= 15 is 0 Å². The minimum absolute atomic E-state index is 0.699. The van der Waals surface area contributed by atoms with Crippen molar-refractivity contribution in [2.45, 2.75) is 34.6 Å². The number of aryl methyl sites for hydroxylation is 4. The van der Waals surface area contributed by atoms with Crippen LogP contribution in [-0.2, 0) is 0 Å². The first-order valence-corrected chi connectivity index (χ1v) is 6.17. The number of pyridine rings is 1. The standard InChI is InChI=1S/C16H19NO/c1-10-8-12(3)15(13(4)9-10)18-16-14(5)11(2)6-7-17-16/h6-9H,1-5H3. The third-order valence-electron chi connectivity index (χ3n) is 3.23. The summed E-state index contributed by atoms with van der Waals surface area (Å²) in [6.45, 7) is 10.3. The summed E-state index contributed by atoms with van der Waals surface area (Å²) in [6, 6.07) is 6.26. The van der Waals surface area contributed by atoms with Crippen molar-refractivity contribution < 1.29 is 4.74 Å². The zero-order valence-corrected chi connectivity index (χ0v) is 11.7. The number of ether oxygens (including phenoxy) is 1. The molecular weight excluding hydrogens is 222 g/mol. The molecule has 0 aliphatic heterocycles. The molecule has 2 rings (SSSR count). The molecule has 1 heterocycles. The van der Waals surface area contributed by atoms with E-state index in [0.717, 1.165) is 22.4 Å². The minimum Gasteiger partial charge on any atom is -0.438 e. The molecule has 2 nitrogen and oxygen atoms in total. The van der Waals surface area contributed by atoms with Crippen LogP contribution in [0.15, 0.2) is 24.4 Å². The van der Waals surface area contributed by atoms with Crippen molar-refractivity contribution in [2.75, 3.05) is 0 Å². The Morgan fingerprint density at radius 3 is 2.11 bits per heavy atom. The quantitative estimate of drug-likeness (QED) is 0.776. The van der Waals surface area contributed by atoms with Crippen molar-refractivity contribution in [1.29, 1.82) is 0 Å². The smallest absolute Gasteiger partial charge is 0.222 e. The van der Waals surface area contributed by atoms with E-state index < -0.39 is 0 Å². The maximum atomic E-state index is 6.00. The first-order chi connectivity index (χ1) is 8.49. The lowest BCUT2D eigenvalue weighted by Gasteiger charge is -2.14. The van der Waals surface area contributed by atoms with Gasteiger partial charge in [0.25, 0.3) is 0 Å². The lowest BCUT2D eigenvalue weighted by atomic mass is 10.1. The molecule has 0 aliphatic rings. The summed E-state index contributed by atoms with van der Waals surface area (Å²) in [5, 5.41) is 0. The number of rotatable bonds is 2. The first kappa shape index (κ1) is 12.6. The van der Waals surface area contributed by atoms with Crippen LogP contribution in [0.2, 0.25) is 0 Å². The molecule has 1 aromatic carbocycles. The van der Waals surface area contributed by atoms with Gasteiger partial charge >= 0.3 is 0 Å². The van der Waals surface area contributed by atoms with E-state index in [2.05, 4.69) is 44.8 Å². The summed E-state index contributed by atoms with van der Waals surface area (Å²) in [5.74, 6) is 1.62. The Morgan fingerprint density at radius 1 is 0.889 bits per heavy atom. The fourth-order valence-corrected chi connectivity index (χ4v) is 2.13. The molecule has 0 saturated heterocycles. The Bertz CT molecular complexity index is 565. The molecule has 0 saturated carbocycles. The Hall–Kier alpha value is -1.83. The maximum absolute atomic E-state index is 6.00. The predicted molar refractivity (Wildman–Crippen MR) is 74.4 cm³/mol. The third-order valence-corrected chi connectivity index (χ3v) is 3.23. The monoisotopic (exact) mass is 241 g/mol. The lowest BCUT2D eigenvalue weighted by molar-refractivity contribution is 0.451. The van der Waals surface area contributed by atoms with E-state index in [1.54, 1.807) is 6.20 Å². The van der Waals surface area contributed by atoms with E-state index in [9.17, 15) is 0 Å². The van der Waals surface area contributed by atoms with Gasteiger partial charge in [-0.25, -0.2) is 4.98 Å². The van der Waals surface area contributed by atoms with Crippen molar-refractivity contribution in [3.05, 3.63) is 52.2 Å². The number of nitrogens with zero attached hydrogens (tertiary/aromatic N) is 1. The van der Waals surface area contributed by atoms with Crippen molar-refractivity contribution >= 4 is 0 Å². The van der Waals surface area contributed by atoms with Gasteiger partial charge in [0.1, 0.15) is 5.75 Å². The molecule has 0 aliphatic carbocycles. The van der Waals surface area contributed by atoms with Crippen LogP contribution in [0.1, 0.15) is 27.8 Å². The Balaban J connectivity index is 2.43. The highest BCUT2D eigenvalue weighted by atomic mass is 16.5. The van der Waals surface area contributed by atoms with Gasteiger partial charge in [0, 0.05) is 11.8 Å². The SMILES string of the molecule is Cc1cc(C)c(Oc2nccc(C)c2C)c(C)c1. The van der Waals surface area contributed by atoms with Gasteiger partial charge in [-0.2, -0.15) is 0 Å². The van der Waals surface area contributed by atoms with Gasteiger partial charge in [-0.05, 0) is 57.4 Å². The molecule has 0 radical (unpaired) electrons. The lowest BCUT2D eigenvalue weighted by Crippen LogP contribution is -1.97. The zero-order chi connectivity index (χ0) is 13.3. The van der Waals surface area contributed by atoms with Crippen LogP contribution in [-0.4, -0.2) is 4.98 Å². The molecule has 94 valence electrons. The summed E-state index contributed by atoms with van der Waals surface area (Å²) in [7, 11) is 0. The number of aromatic nitrogens is 1. The third kappa shape index (κ3) is 2.37. The Kier molecular flexibility index (Phi) is 3.37. The molecular formula is C16H19NO. The van der Waals surface area contributed by atoms with E-state index in [0.29, 0.717) is 5.88 Å². The topological polar surface area (TPSA) is 22.1 Å². The first-order valence-electron chi connectivity index (χ1n) is 6.17. The summed E-state index contributed by atoms with van der Waals surface area (Å²) < 4.78 is 6.00. The highest BCUT2D eigenvalue weighted by Gasteiger charge is 2.10. The number of hydrogen-bond donors (Lipinski definition) is 0. The zero-order valence-electron chi connectivity index (χ0n) is 11.7. The summed E-state index contributed by atoms with van der Waals surface area (Å²) in [6.07, 6.45) is 1.79. The van der Waals surface area contributed by atoms with Crippen LogP contribution in [0.5, 0.6) is 11.6 Å². The molecule has 2 heteroatoms. The molecule has 2 aromatic rings. The van der Waals surface area contributed by atoms with E-state index in [1.807, 2.05) is 13.0 Å². The molecule has 0 atom stereocenters. The van der Waals surface area contributed by atoms with Crippen LogP contribution in [0.3, 0.4) is 0 Å². The van der Waals surface area contributed by atoms with Gasteiger partial charge in [-0.15, -0.1) is 0 Å². The Labute approximate surface area is 109 Å². The second kappa shape index (κ2) is 4.81. The molecule has 0 spiro atoms. The van der Waals surface area contributed by atoms with Crippen LogP contribution >= 0.6 is 0 Å². The van der Waals surface area contributed by atoms with Crippen molar-refractivity contribution in [3.8, 4) is 11.6 Å². The Morgan fingerprint density at radius 2 is 1.50 bits per heavy atom. The van der Waals surface area contributed by atoms with Crippen LogP contribution in [0.25, 0.3) is 0 Å². The molecule has 0 bridgehead atoms. The van der Waals surface area contributed by atoms with Gasteiger partial charge < -0.3 is 4.74 Å². The van der Waals surface area contributed by atoms with Gasteiger partial charge in [0.15, 0.2) is 0 Å². The largest absolute Gasteiger partial charge is 0.438 e. The molecule has 0 fully saturated rings. The number of hydrogen-bond acceptors (Lipinski definition) is 2. The molecule has 18 heavy (non-hydrogen) atoms. The van der Waals surface area contributed by atoms with E-state index in [1.165, 1.54) is 11.1 Å².